The Morgan fingerprint density at radius 1 is 1.29 bits per heavy atom. The molecule has 1 aliphatic heterocycles. The number of anilines is 1. The Bertz CT molecular complexity index is 683. The molecule has 1 amide bonds. The average molecular weight is 304 g/mol. The Kier molecular flexibility index (Phi) is 3.29. The van der Waals surface area contributed by atoms with Gasteiger partial charge in [-0.2, -0.15) is 5.10 Å². The molecule has 0 radical (unpaired) electrons. The molecule has 2 aromatic rings. The first-order valence-electron chi connectivity index (χ1n) is 7.00. The number of nitrogens with one attached hydrogen (secondary N) is 1. The number of rotatable bonds is 1. The number of nitrogens with zero attached hydrogens (tertiary/aromatic N) is 2. The number of carbonyl (C=O) groups excluding carboxylic acids is 1. The molecule has 0 bridgehead atoms. The standard InChI is InChI=1S/C16H18ClN3O/c1-16(2,3)20-15-13(9-18-20)12(8-14(21)19-15)10-4-6-11(17)7-5-10/h4-7,9,12H,8H2,1-3H3,(H,19,21)/t12-/m1/s1. The number of aromatic nitrogens is 2. The zero-order chi connectivity index (χ0) is 15.2. The van der Waals surface area contributed by atoms with Crippen molar-refractivity contribution in [1.82, 2.24) is 9.78 Å². The van der Waals surface area contributed by atoms with E-state index in [0.29, 0.717) is 11.4 Å². The molecule has 1 aromatic heterocycles. The molecule has 21 heavy (non-hydrogen) atoms. The molecule has 1 atom stereocenters. The van der Waals surface area contributed by atoms with E-state index in [9.17, 15) is 4.79 Å². The lowest BCUT2D eigenvalue weighted by molar-refractivity contribution is -0.116. The first-order valence-corrected chi connectivity index (χ1v) is 7.38. The summed E-state index contributed by atoms with van der Waals surface area (Å²) < 4.78 is 1.88. The molecule has 1 aliphatic rings. The molecule has 110 valence electrons. The van der Waals surface area contributed by atoms with Gasteiger partial charge in [0.15, 0.2) is 0 Å². The van der Waals surface area contributed by atoms with Crippen LogP contribution < -0.4 is 5.32 Å². The minimum atomic E-state index is -0.178. The van der Waals surface area contributed by atoms with Crippen LogP contribution in [0.3, 0.4) is 0 Å². The maximum absolute atomic E-state index is 12.1. The summed E-state index contributed by atoms with van der Waals surface area (Å²) in [5, 5.41) is 8.13. The lowest BCUT2D eigenvalue weighted by Gasteiger charge is -2.28. The van der Waals surface area contributed by atoms with E-state index in [4.69, 9.17) is 11.6 Å². The van der Waals surface area contributed by atoms with Gasteiger partial charge in [0, 0.05) is 22.9 Å². The van der Waals surface area contributed by atoms with Crippen molar-refractivity contribution in [1.29, 1.82) is 0 Å². The molecule has 0 spiro atoms. The SMILES string of the molecule is CC(C)(C)n1ncc2c1NC(=O)C[C@@H]2c1ccc(Cl)cc1. The van der Waals surface area contributed by atoms with E-state index in [1.54, 1.807) is 0 Å². The first kappa shape index (κ1) is 14.1. The van der Waals surface area contributed by atoms with Crippen molar-refractivity contribution in [2.75, 3.05) is 5.32 Å². The van der Waals surface area contributed by atoms with Crippen LogP contribution in [0.25, 0.3) is 0 Å². The summed E-state index contributed by atoms with van der Waals surface area (Å²) in [5.74, 6) is 0.856. The quantitative estimate of drug-likeness (QED) is 0.872. The van der Waals surface area contributed by atoms with Crippen molar-refractivity contribution >= 4 is 23.3 Å². The summed E-state index contributed by atoms with van der Waals surface area (Å²) in [7, 11) is 0. The topological polar surface area (TPSA) is 46.9 Å². The van der Waals surface area contributed by atoms with Gasteiger partial charge in [0.2, 0.25) is 5.91 Å². The van der Waals surface area contributed by atoms with Gasteiger partial charge >= 0.3 is 0 Å². The predicted octanol–water partition coefficient (Wildman–Crippen LogP) is 3.77. The maximum Gasteiger partial charge on any atom is 0.226 e. The van der Waals surface area contributed by atoms with Crippen LogP contribution in [-0.4, -0.2) is 15.7 Å². The first-order chi connectivity index (χ1) is 9.86. The highest BCUT2D eigenvalue weighted by Gasteiger charge is 2.32. The van der Waals surface area contributed by atoms with E-state index in [-0.39, 0.29) is 17.4 Å². The molecule has 0 fully saturated rings. The van der Waals surface area contributed by atoms with Crippen molar-refractivity contribution in [3.8, 4) is 0 Å². The van der Waals surface area contributed by atoms with Crippen molar-refractivity contribution in [3.63, 3.8) is 0 Å². The average Bonchev–Trinajstić information content (AvgIpc) is 2.82. The summed E-state index contributed by atoms with van der Waals surface area (Å²) in [6.45, 7) is 6.20. The molecule has 0 aliphatic carbocycles. The van der Waals surface area contributed by atoms with Gasteiger partial charge in [0.25, 0.3) is 0 Å². The molecule has 0 unspecified atom stereocenters. The summed E-state index contributed by atoms with van der Waals surface area (Å²) in [4.78, 5) is 12.1. The van der Waals surface area contributed by atoms with Crippen LogP contribution in [0.4, 0.5) is 5.82 Å². The summed E-state index contributed by atoms with van der Waals surface area (Å²) in [6, 6.07) is 7.67. The minimum Gasteiger partial charge on any atom is -0.311 e. The number of benzene rings is 1. The fourth-order valence-corrected chi connectivity index (χ4v) is 2.85. The Morgan fingerprint density at radius 2 is 1.95 bits per heavy atom. The molecule has 2 heterocycles. The molecular weight excluding hydrogens is 286 g/mol. The smallest absolute Gasteiger partial charge is 0.226 e. The molecule has 3 rings (SSSR count). The van der Waals surface area contributed by atoms with Crippen molar-refractivity contribution in [3.05, 3.63) is 46.6 Å². The maximum atomic E-state index is 12.1. The van der Waals surface area contributed by atoms with Gasteiger partial charge < -0.3 is 5.32 Å². The molecular formula is C16H18ClN3O. The lowest BCUT2D eigenvalue weighted by atomic mass is 9.87. The van der Waals surface area contributed by atoms with Crippen molar-refractivity contribution < 1.29 is 4.79 Å². The van der Waals surface area contributed by atoms with Crippen LogP contribution in [0.2, 0.25) is 5.02 Å². The Morgan fingerprint density at radius 3 is 2.57 bits per heavy atom. The van der Waals surface area contributed by atoms with Crippen LogP contribution in [0.15, 0.2) is 30.5 Å². The zero-order valence-electron chi connectivity index (χ0n) is 12.4. The molecule has 5 heteroatoms. The van der Waals surface area contributed by atoms with E-state index >= 15 is 0 Å². The third-order valence-electron chi connectivity index (χ3n) is 3.73. The van der Waals surface area contributed by atoms with Gasteiger partial charge in [-0.25, -0.2) is 4.68 Å². The molecule has 1 aromatic carbocycles. The van der Waals surface area contributed by atoms with Gasteiger partial charge in [-0.1, -0.05) is 23.7 Å². The van der Waals surface area contributed by atoms with Crippen LogP contribution in [-0.2, 0) is 10.3 Å². The highest BCUT2D eigenvalue weighted by Crippen LogP contribution is 2.38. The normalized spacial score (nSPS) is 18.3. The van der Waals surface area contributed by atoms with E-state index in [1.165, 1.54) is 0 Å². The number of carbonyl (C=O) groups is 1. The van der Waals surface area contributed by atoms with E-state index in [2.05, 4.69) is 31.2 Å². The van der Waals surface area contributed by atoms with Gasteiger partial charge in [0.1, 0.15) is 5.82 Å². The van der Waals surface area contributed by atoms with E-state index in [1.807, 2.05) is 35.1 Å². The molecule has 1 N–H and O–H groups in total. The van der Waals surface area contributed by atoms with Gasteiger partial charge in [0.05, 0.1) is 11.7 Å². The molecule has 0 saturated carbocycles. The number of fused-ring (bicyclic) bond motifs is 1. The second kappa shape index (κ2) is 4.88. The Hall–Kier alpha value is -1.81. The van der Waals surface area contributed by atoms with Crippen LogP contribution in [0.5, 0.6) is 0 Å². The van der Waals surface area contributed by atoms with Gasteiger partial charge in [-0.3, -0.25) is 4.79 Å². The minimum absolute atomic E-state index is 0.0217. The van der Waals surface area contributed by atoms with Crippen LogP contribution in [0.1, 0.15) is 44.2 Å². The zero-order valence-corrected chi connectivity index (χ0v) is 13.1. The highest BCUT2D eigenvalue weighted by atomic mass is 35.5. The monoisotopic (exact) mass is 303 g/mol. The number of halogens is 1. The van der Waals surface area contributed by atoms with Crippen LogP contribution >= 0.6 is 11.6 Å². The van der Waals surface area contributed by atoms with Crippen LogP contribution in [0, 0.1) is 0 Å². The fourth-order valence-electron chi connectivity index (χ4n) is 2.72. The third-order valence-corrected chi connectivity index (χ3v) is 3.98. The second-order valence-corrected chi connectivity index (χ2v) is 6.82. The number of hydrogen-bond donors (Lipinski definition) is 1. The number of amides is 1. The second-order valence-electron chi connectivity index (χ2n) is 6.39. The van der Waals surface area contributed by atoms with Gasteiger partial charge in [-0.15, -0.1) is 0 Å². The number of hydrogen-bond acceptors (Lipinski definition) is 2. The summed E-state index contributed by atoms with van der Waals surface area (Å²) in [5.41, 5.74) is 1.97. The largest absolute Gasteiger partial charge is 0.311 e. The van der Waals surface area contributed by atoms with E-state index in [0.717, 1.165) is 16.9 Å². The third kappa shape index (κ3) is 2.56. The lowest BCUT2D eigenvalue weighted by Crippen LogP contribution is -2.30. The van der Waals surface area contributed by atoms with Crippen molar-refractivity contribution in [2.45, 2.75) is 38.6 Å². The highest BCUT2D eigenvalue weighted by molar-refractivity contribution is 6.30. The van der Waals surface area contributed by atoms with E-state index < -0.39 is 0 Å². The van der Waals surface area contributed by atoms with Crippen molar-refractivity contribution in [2.24, 2.45) is 0 Å². The predicted molar refractivity (Wildman–Crippen MR) is 83.8 cm³/mol. The fraction of sp³-hybridized carbons (Fsp3) is 0.375. The van der Waals surface area contributed by atoms with Gasteiger partial charge in [-0.05, 0) is 38.5 Å². The summed E-state index contributed by atoms with van der Waals surface area (Å²) in [6.07, 6.45) is 2.30. The molecule has 4 nitrogen and oxygen atoms in total. The Labute approximate surface area is 129 Å². The summed E-state index contributed by atoms with van der Waals surface area (Å²) >= 11 is 5.95. The Balaban J connectivity index is 2.09. The molecule has 0 saturated heterocycles.